The van der Waals surface area contributed by atoms with E-state index in [1.165, 1.54) is 6.20 Å². The van der Waals surface area contributed by atoms with Gasteiger partial charge < -0.3 is 10.4 Å². The minimum atomic E-state index is -0.0673. The molecule has 1 aromatic carbocycles. The number of phenolic OH excluding ortho intramolecular Hbond substituents is 1. The van der Waals surface area contributed by atoms with E-state index in [-0.39, 0.29) is 11.7 Å². The predicted octanol–water partition coefficient (Wildman–Crippen LogP) is 4.43. The summed E-state index contributed by atoms with van der Waals surface area (Å²) in [5.41, 5.74) is 2.22. The molecule has 3 aromatic heterocycles. The van der Waals surface area contributed by atoms with Crippen LogP contribution in [0.15, 0.2) is 48.7 Å². The van der Waals surface area contributed by atoms with Crippen molar-refractivity contribution < 1.29 is 5.11 Å². The van der Waals surface area contributed by atoms with E-state index in [9.17, 15) is 5.11 Å². The smallest absolute Gasteiger partial charge is 0.178 e. The first-order chi connectivity index (χ1) is 13.0. The van der Waals surface area contributed by atoms with Crippen LogP contribution in [-0.2, 0) is 0 Å². The van der Waals surface area contributed by atoms with Gasteiger partial charge in [-0.1, -0.05) is 42.3 Å². The van der Waals surface area contributed by atoms with Crippen LogP contribution in [0, 0.1) is 0 Å². The van der Waals surface area contributed by atoms with Crippen LogP contribution in [0.5, 0.6) is 5.75 Å². The summed E-state index contributed by atoms with van der Waals surface area (Å²) in [6, 6.07) is 12.2. The Balaban J connectivity index is 1.70. The highest BCUT2D eigenvalue weighted by Crippen LogP contribution is 2.27. The quantitative estimate of drug-likeness (QED) is 0.492. The molecule has 0 saturated carbocycles. The molecule has 3 heterocycles. The molecular weight excluding hydrogens is 387 g/mol. The van der Waals surface area contributed by atoms with Crippen LogP contribution in [0.4, 0.5) is 11.5 Å². The van der Waals surface area contributed by atoms with Crippen molar-refractivity contribution in [2.75, 3.05) is 5.32 Å². The van der Waals surface area contributed by atoms with E-state index in [4.69, 9.17) is 23.2 Å². The molecule has 2 N–H and O–H groups in total. The Morgan fingerprint density at radius 1 is 1.07 bits per heavy atom. The molecule has 7 nitrogen and oxygen atoms in total. The van der Waals surface area contributed by atoms with Crippen molar-refractivity contribution in [3.63, 3.8) is 0 Å². The zero-order valence-corrected chi connectivity index (χ0v) is 15.6. The first-order valence-corrected chi connectivity index (χ1v) is 8.86. The van der Waals surface area contributed by atoms with E-state index in [0.29, 0.717) is 33.2 Å². The van der Waals surface area contributed by atoms with Crippen molar-refractivity contribution in [3.8, 4) is 5.75 Å². The van der Waals surface area contributed by atoms with E-state index in [0.717, 1.165) is 5.56 Å². The largest absolute Gasteiger partial charge is 0.508 e. The highest BCUT2D eigenvalue weighted by atomic mass is 35.5. The number of hydrogen-bond donors (Lipinski definition) is 2. The standard InChI is InChI=1S/C18H14Cl2N6O/c1-10(11-2-4-12(27)5-3-11)18-24-23-17-7-6-16(25-26(17)18)22-14-8-15(20)21-9-13(14)19/h2-10,27H,1H3,(H,21,22,25)/t10-/m0/s1. The number of fused-ring (bicyclic) bond motifs is 1. The van der Waals surface area contributed by atoms with Crippen LogP contribution in [0.25, 0.3) is 5.65 Å². The lowest BCUT2D eigenvalue weighted by molar-refractivity contribution is 0.475. The minimum Gasteiger partial charge on any atom is -0.508 e. The molecule has 27 heavy (non-hydrogen) atoms. The van der Waals surface area contributed by atoms with Crippen LogP contribution in [0.1, 0.15) is 24.2 Å². The SMILES string of the molecule is C[C@@H](c1ccc(O)cc1)c1nnc2ccc(Nc3cc(Cl)ncc3Cl)nn12. The van der Waals surface area contributed by atoms with Gasteiger partial charge in [0.1, 0.15) is 10.9 Å². The Morgan fingerprint density at radius 2 is 1.85 bits per heavy atom. The molecule has 0 bridgehead atoms. The van der Waals surface area contributed by atoms with Gasteiger partial charge in [-0.2, -0.15) is 4.52 Å². The van der Waals surface area contributed by atoms with Gasteiger partial charge in [0.05, 0.1) is 10.7 Å². The lowest BCUT2D eigenvalue weighted by Gasteiger charge is -2.11. The van der Waals surface area contributed by atoms with E-state index in [2.05, 4.69) is 25.6 Å². The molecule has 0 radical (unpaired) electrons. The van der Waals surface area contributed by atoms with Crippen molar-refractivity contribution in [2.45, 2.75) is 12.8 Å². The molecule has 0 aliphatic heterocycles. The van der Waals surface area contributed by atoms with E-state index < -0.39 is 0 Å². The Bertz CT molecular complexity index is 1110. The molecule has 9 heteroatoms. The molecule has 136 valence electrons. The second-order valence-electron chi connectivity index (χ2n) is 5.97. The predicted molar refractivity (Wildman–Crippen MR) is 104 cm³/mol. The maximum absolute atomic E-state index is 9.48. The molecule has 1 atom stereocenters. The molecular formula is C18H14Cl2N6O. The van der Waals surface area contributed by atoms with Gasteiger partial charge in [0.25, 0.3) is 0 Å². The third-order valence-corrected chi connectivity index (χ3v) is 4.66. The molecule has 0 aliphatic carbocycles. The van der Waals surface area contributed by atoms with Gasteiger partial charge in [0, 0.05) is 18.2 Å². The van der Waals surface area contributed by atoms with Crippen molar-refractivity contribution in [2.24, 2.45) is 0 Å². The van der Waals surface area contributed by atoms with Crippen molar-refractivity contribution >= 4 is 40.4 Å². The van der Waals surface area contributed by atoms with Crippen LogP contribution in [-0.4, -0.2) is 29.9 Å². The summed E-state index contributed by atoms with van der Waals surface area (Å²) in [5, 5.41) is 26.4. The monoisotopic (exact) mass is 400 g/mol. The third kappa shape index (κ3) is 3.51. The maximum Gasteiger partial charge on any atom is 0.178 e. The summed E-state index contributed by atoms with van der Waals surface area (Å²) in [6.45, 7) is 2.00. The first kappa shape index (κ1) is 17.5. The van der Waals surface area contributed by atoms with Gasteiger partial charge in [-0.05, 0) is 29.8 Å². The Kier molecular flexibility index (Phi) is 4.55. The van der Waals surface area contributed by atoms with Crippen molar-refractivity contribution in [1.82, 2.24) is 24.8 Å². The van der Waals surface area contributed by atoms with Gasteiger partial charge in [-0.3, -0.25) is 0 Å². The fraction of sp³-hybridized carbons (Fsp3) is 0.111. The molecule has 4 rings (SSSR count). The van der Waals surface area contributed by atoms with E-state index in [1.54, 1.807) is 28.8 Å². The number of halogens is 2. The fourth-order valence-corrected chi connectivity index (χ4v) is 3.01. The molecule has 0 fully saturated rings. The summed E-state index contributed by atoms with van der Waals surface area (Å²) in [4.78, 5) is 3.93. The lowest BCUT2D eigenvalue weighted by atomic mass is 10.0. The molecule has 0 unspecified atom stereocenters. The number of benzene rings is 1. The number of rotatable bonds is 4. The number of aromatic nitrogens is 5. The molecule has 0 aliphatic rings. The van der Waals surface area contributed by atoms with Crippen LogP contribution >= 0.6 is 23.2 Å². The fourth-order valence-electron chi connectivity index (χ4n) is 2.70. The van der Waals surface area contributed by atoms with Crippen LogP contribution < -0.4 is 5.32 Å². The summed E-state index contributed by atoms with van der Waals surface area (Å²) in [5.74, 6) is 1.39. The van der Waals surface area contributed by atoms with E-state index >= 15 is 0 Å². The Labute approximate surface area is 164 Å². The normalized spacial score (nSPS) is 12.3. The topological polar surface area (TPSA) is 88.2 Å². The third-order valence-electron chi connectivity index (χ3n) is 4.15. The summed E-state index contributed by atoms with van der Waals surface area (Å²) >= 11 is 12.1. The number of phenols is 1. The van der Waals surface area contributed by atoms with Gasteiger partial charge >= 0.3 is 0 Å². The molecule has 0 spiro atoms. The van der Waals surface area contributed by atoms with Gasteiger partial charge in [0.15, 0.2) is 17.3 Å². The second kappa shape index (κ2) is 7.02. The summed E-state index contributed by atoms with van der Waals surface area (Å²) in [6.07, 6.45) is 1.47. The average Bonchev–Trinajstić information content (AvgIpc) is 3.08. The van der Waals surface area contributed by atoms with Gasteiger partial charge in [-0.15, -0.1) is 15.3 Å². The highest BCUT2D eigenvalue weighted by molar-refractivity contribution is 6.34. The molecule has 4 aromatic rings. The summed E-state index contributed by atoms with van der Waals surface area (Å²) < 4.78 is 1.68. The lowest BCUT2D eigenvalue weighted by Crippen LogP contribution is -2.06. The Hall–Kier alpha value is -2.90. The first-order valence-electron chi connectivity index (χ1n) is 8.10. The second-order valence-corrected chi connectivity index (χ2v) is 6.77. The number of nitrogens with zero attached hydrogens (tertiary/aromatic N) is 5. The van der Waals surface area contributed by atoms with Gasteiger partial charge in [0.2, 0.25) is 0 Å². The number of aromatic hydroxyl groups is 1. The summed E-state index contributed by atoms with van der Waals surface area (Å²) in [7, 11) is 0. The number of hydrogen-bond acceptors (Lipinski definition) is 6. The minimum absolute atomic E-state index is 0.0673. The number of nitrogens with one attached hydrogen (secondary N) is 1. The van der Waals surface area contributed by atoms with Gasteiger partial charge in [-0.25, -0.2) is 4.98 Å². The van der Waals surface area contributed by atoms with Crippen LogP contribution in [0.2, 0.25) is 10.2 Å². The zero-order valence-electron chi connectivity index (χ0n) is 14.1. The van der Waals surface area contributed by atoms with Crippen LogP contribution in [0.3, 0.4) is 0 Å². The van der Waals surface area contributed by atoms with Crippen molar-refractivity contribution in [1.29, 1.82) is 0 Å². The highest BCUT2D eigenvalue weighted by Gasteiger charge is 2.17. The van der Waals surface area contributed by atoms with Crippen molar-refractivity contribution in [3.05, 3.63) is 70.2 Å². The maximum atomic E-state index is 9.48. The molecule has 0 saturated heterocycles. The number of anilines is 2. The number of pyridine rings is 1. The molecule has 0 amide bonds. The zero-order chi connectivity index (χ0) is 19.0. The van der Waals surface area contributed by atoms with E-state index in [1.807, 2.05) is 25.1 Å². The Morgan fingerprint density at radius 3 is 2.63 bits per heavy atom. The average molecular weight is 401 g/mol.